The quantitative estimate of drug-likeness (QED) is 0.122. The minimum Gasteiger partial charge on any atom is -0.462 e. The summed E-state index contributed by atoms with van der Waals surface area (Å²) in [5, 5.41) is 13.1. The van der Waals surface area contributed by atoms with Crippen LogP contribution in [-0.4, -0.2) is 137 Å². The number of esters is 1. The first-order chi connectivity index (χ1) is 32.4. The van der Waals surface area contributed by atoms with E-state index in [0.29, 0.717) is 37.7 Å². The zero-order valence-corrected chi connectivity index (χ0v) is 45.3. The van der Waals surface area contributed by atoms with Crippen LogP contribution in [0.3, 0.4) is 0 Å². The van der Waals surface area contributed by atoms with Gasteiger partial charge in [0.15, 0.2) is 26.7 Å². The van der Waals surface area contributed by atoms with Crippen LogP contribution in [0.4, 0.5) is 0 Å². The molecule has 1 spiro atoms. The predicted molar refractivity (Wildman–Crippen MR) is 265 cm³/mol. The average Bonchev–Trinajstić information content (AvgIpc) is 3.63. The van der Waals surface area contributed by atoms with E-state index in [1.807, 2.05) is 45.1 Å². The Bertz CT molecular complexity index is 1950. The summed E-state index contributed by atoms with van der Waals surface area (Å²) in [6.07, 6.45) is 11.7. The molecule has 6 aliphatic heterocycles. The predicted octanol–water partition coefficient (Wildman–Crippen LogP) is 8.37. The Morgan fingerprint density at radius 1 is 0.899 bits per heavy atom. The summed E-state index contributed by atoms with van der Waals surface area (Å²) in [7, 11) is 0.975. The first kappa shape index (κ1) is 54.7. The van der Waals surface area contributed by atoms with Crippen LogP contribution in [0.25, 0.3) is 0 Å². The van der Waals surface area contributed by atoms with Gasteiger partial charge in [-0.3, -0.25) is 4.79 Å². The van der Waals surface area contributed by atoms with Gasteiger partial charge in [-0.05, 0) is 81.0 Å². The summed E-state index contributed by atoms with van der Waals surface area (Å²) in [6, 6.07) is -0.255. The van der Waals surface area contributed by atoms with Crippen LogP contribution in [0.5, 0.6) is 0 Å². The Hall–Kier alpha value is -2.09. The molecule has 0 radical (unpaired) electrons. The van der Waals surface area contributed by atoms with Crippen LogP contribution in [0.1, 0.15) is 115 Å². The zero-order chi connectivity index (χ0) is 50.4. The summed E-state index contributed by atoms with van der Waals surface area (Å²) >= 11 is 0. The Morgan fingerprint density at radius 3 is 2.26 bits per heavy atom. The topological polar surface area (TPSA) is 165 Å². The Morgan fingerprint density at radius 2 is 1.58 bits per heavy atom. The number of hydrogen-bond acceptors (Lipinski definition) is 14. The van der Waals surface area contributed by atoms with Crippen LogP contribution in [0, 0.1) is 23.7 Å². The maximum atomic E-state index is 14.8. The zero-order valence-electron chi connectivity index (χ0n) is 44.3. The number of carbonyl (C=O) groups is 1. The van der Waals surface area contributed by atoms with Gasteiger partial charge in [0.05, 0.1) is 61.5 Å². The van der Waals surface area contributed by atoms with Gasteiger partial charge < -0.3 is 62.6 Å². The van der Waals surface area contributed by atoms with E-state index in [4.69, 9.17) is 57.5 Å². The minimum atomic E-state index is -2.37. The first-order valence-corrected chi connectivity index (χ1v) is 28.8. The lowest BCUT2D eigenvalue weighted by molar-refractivity contribution is -0.311. The molecule has 6 heterocycles. The number of carbonyl (C=O) groups excluding carboxylic acids is 1. The van der Waals surface area contributed by atoms with Crippen molar-refractivity contribution in [2.75, 3.05) is 20.8 Å². The third-order valence-electron chi connectivity index (χ3n) is 16.8. The minimum absolute atomic E-state index is 0.0830. The number of rotatable bonds is 10. The molecule has 1 aliphatic carbocycles. The molecule has 4 saturated heterocycles. The van der Waals surface area contributed by atoms with Crippen LogP contribution in [0.2, 0.25) is 18.1 Å². The fraction of sp³-hybridized carbons (Fsp3) is 0.796. The second-order valence-corrected chi connectivity index (χ2v) is 27.7. The molecule has 390 valence electrons. The number of hydrogen-bond donors (Lipinski definition) is 2. The molecule has 14 nitrogen and oxygen atoms in total. The van der Waals surface area contributed by atoms with Gasteiger partial charge in [0.1, 0.15) is 29.8 Å². The van der Waals surface area contributed by atoms with Gasteiger partial charge >= 0.3 is 5.97 Å². The fourth-order valence-corrected chi connectivity index (χ4v) is 12.5. The molecule has 69 heavy (non-hydrogen) atoms. The maximum absolute atomic E-state index is 14.8. The van der Waals surface area contributed by atoms with Crippen molar-refractivity contribution >= 4 is 14.3 Å². The second kappa shape index (κ2) is 21.8. The number of fused-ring (bicyclic) bond motifs is 2. The molecule has 7 rings (SSSR count). The fourth-order valence-electron chi connectivity index (χ4n) is 11.2. The SMILES string of the molecule is CC[C@H](C)[C@H]1O[C@]2(C=C[C@@H]1C)C[C@@H]1C[C@@H](C/C=C(\C)[C@@H](O[C@H]3C[C@H](OC)[C@@H](O[C@H]4C[C@H](OC)[C@H](N)[C@H](C)O4)[C@H](C)O3)[C@@H](C)/C=C/C=C3\CO[C@@H]4[C@H](O[Si](C)(C)C(C)(C)C)C(C)=C[C@@H](C(=O)O1)[C@]34O)O2. The summed E-state index contributed by atoms with van der Waals surface area (Å²) in [5.41, 5.74) is 7.04. The summed E-state index contributed by atoms with van der Waals surface area (Å²) in [4.78, 5) is 14.8. The van der Waals surface area contributed by atoms with Crippen molar-refractivity contribution in [3.8, 4) is 0 Å². The normalized spacial score (nSPS) is 45.9. The van der Waals surface area contributed by atoms with Gasteiger partial charge in [-0.1, -0.05) is 91.3 Å². The van der Waals surface area contributed by atoms with Gasteiger partial charge in [-0.2, -0.15) is 0 Å². The Labute approximate surface area is 414 Å². The lowest BCUT2D eigenvalue weighted by Gasteiger charge is -2.49. The molecule has 0 amide bonds. The van der Waals surface area contributed by atoms with E-state index >= 15 is 0 Å². The molecule has 3 N–H and O–H groups in total. The molecule has 0 saturated carbocycles. The average molecular weight is 986 g/mol. The van der Waals surface area contributed by atoms with Crippen LogP contribution < -0.4 is 5.73 Å². The standard InChI is InChI=1S/C54H87NO13Si/c1-16-30(2)47-33(5)22-23-53(67-47)28-39-25-38(66-53)21-20-32(4)46(64-44-27-42(59-13)49(36(8)62-44)65-43-26-41(58-12)45(55)35(7)61-43)31(3)18-17-19-37-29-60-50-48(68-69(14,15)52(9,10)11)34(6)24-40(51(56)63-39)54(37,50)57/h17-20,22-24,30-31,33,35-36,38-50,57H,16,21,25-29,55H2,1-15H3/b18-17+,32-20+,37-19+/t30-,31-,33-,35-,36-,38+,39-,40-,41-,42-,43-,44-,45+,46-,47+,48+,49-,50+,53+,54+/m0/s1. The third kappa shape index (κ3) is 11.5. The Kier molecular flexibility index (Phi) is 17.3. The van der Waals surface area contributed by atoms with E-state index in [0.717, 1.165) is 17.6 Å². The molecule has 20 atom stereocenters. The van der Waals surface area contributed by atoms with E-state index in [-0.39, 0.29) is 66.0 Å². The smallest absolute Gasteiger partial charge is 0.316 e. The number of nitrogens with two attached hydrogens (primary N) is 1. The van der Waals surface area contributed by atoms with Gasteiger partial charge in [-0.15, -0.1) is 0 Å². The van der Waals surface area contributed by atoms with Crippen molar-refractivity contribution in [2.45, 2.75) is 230 Å². The van der Waals surface area contributed by atoms with Gasteiger partial charge in [-0.25, -0.2) is 0 Å². The maximum Gasteiger partial charge on any atom is 0.316 e. The molecule has 15 heteroatoms. The van der Waals surface area contributed by atoms with Gasteiger partial charge in [0.2, 0.25) is 0 Å². The molecule has 7 aliphatic rings. The largest absolute Gasteiger partial charge is 0.462 e. The van der Waals surface area contributed by atoms with Crippen molar-refractivity contribution in [3.05, 3.63) is 59.3 Å². The first-order valence-electron chi connectivity index (χ1n) is 25.9. The molecule has 4 fully saturated rings. The number of ether oxygens (including phenoxy) is 10. The molecular weight excluding hydrogens is 899 g/mol. The Balaban J connectivity index is 1.22. The van der Waals surface area contributed by atoms with Gasteiger partial charge in [0.25, 0.3) is 0 Å². The van der Waals surface area contributed by atoms with Crippen molar-refractivity contribution in [1.29, 1.82) is 0 Å². The summed E-state index contributed by atoms with van der Waals surface area (Å²) in [5.74, 6) is -2.36. The van der Waals surface area contributed by atoms with Crippen molar-refractivity contribution in [3.63, 3.8) is 0 Å². The molecule has 0 unspecified atom stereocenters. The van der Waals surface area contributed by atoms with Gasteiger partial charge in [0, 0.05) is 51.7 Å². The van der Waals surface area contributed by atoms with Crippen LogP contribution in [-0.2, 0) is 56.6 Å². The van der Waals surface area contributed by atoms with E-state index in [9.17, 15) is 9.90 Å². The summed E-state index contributed by atoms with van der Waals surface area (Å²) < 4.78 is 72.3. The highest BCUT2D eigenvalue weighted by atomic mass is 28.4. The lowest BCUT2D eigenvalue weighted by atomic mass is 9.71. The molecule has 0 aromatic carbocycles. The highest BCUT2D eigenvalue weighted by molar-refractivity contribution is 6.74. The lowest BCUT2D eigenvalue weighted by Crippen LogP contribution is -2.60. The van der Waals surface area contributed by atoms with Crippen LogP contribution in [0.15, 0.2) is 59.3 Å². The molecule has 0 aromatic heterocycles. The van der Waals surface area contributed by atoms with Crippen molar-refractivity contribution in [2.24, 2.45) is 29.4 Å². The van der Waals surface area contributed by atoms with E-state index in [2.05, 4.69) is 86.7 Å². The monoisotopic (exact) mass is 986 g/mol. The molecule has 2 bridgehead atoms. The highest BCUT2D eigenvalue weighted by Crippen LogP contribution is 2.50. The van der Waals surface area contributed by atoms with Crippen molar-refractivity contribution < 1.29 is 61.7 Å². The van der Waals surface area contributed by atoms with Crippen molar-refractivity contribution in [1.82, 2.24) is 0 Å². The van der Waals surface area contributed by atoms with E-state index in [1.54, 1.807) is 14.2 Å². The molecular formula is C54H87NO13Si. The highest BCUT2D eigenvalue weighted by Gasteiger charge is 2.62. The number of allylic oxidation sites excluding steroid dienone is 2. The summed E-state index contributed by atoms with van der Waals surface area (Å²) in [6.45, 7) is 27.7. The second-order valence-electron chi connectivity index (χ2n) is 22.9. The van der Waals surface area contributed by atoms with Crippen LogP contribution >= 0.6 is 0 Å². The third-order valence-corrected chi connectivity index (χ3v) is 21.3. The number of aliphatic hydroxyl groups is 1. The van der Waals surface area contributed by atoms with E-state index < -0.39 is 80.8 Å². The molecule has 0 aromatic rings. The number of methoxy groups -OCH3 is 2. The van der Waals surface area contributed by atoms with E-state index in [1.165, 1.54) is 0 Å².